The maximum Gasteiger partial charge on any atom is 0.147 e. The molecule has 0 aliphatic heterocycles. The van der Waals surface area contributed by atoms with E-state index < -0.39 is 0 Å². The zero-order valence-electron chi connectivity index (χ0n) is 10.7. The number of aryl methyl sites for hydroxylation is 1. The maximum absolute atomic E-state index is 6.09. The Labute approximate surface area is 121 Å². The summed E-state index contributed by atoms with van der Waals surface area (Å²) in [6.45, 7) is 0.703. The molecule has 2 aromatic heterocycles. The molecule has 0 radical (unpaired) electrons. The van der Waals surface area contributed by atoms with Crippen LogP contribution in [0, 0.1) is 0 Å². The SMILES string of the molecule is CNc1nc(NCCc2ccn(C)n2)c(Cl)cc1Cl. The molecule has 0 bridgehead atoms. The minimum Gasteiger partial charge on any atom is -0.372 e. The summed E-state index contributed by atoms with van der Waals surface area (Å²) in [4.78, 5) is 4.31. The van der Waals surface area contributed by atoms with E-state index in [4.69, 9.17) is 23.2 Å². The highest BCUT2D eigenvalue weighted by Gasteiger charge is 2.08. The Morgan fingerprint density at radius 2 is 2.00 bits per heavy atom. The van der Waals surface area contributed by atoms with Gasteiger partial charge in [-0.2, -0.15) is 5.10 Å². The van der Waals surface area contributed by atoms with Crippen LogP contribution >= 0.6 is 23.2 Å². The first-order chi connectivity index (χ1) is 9.10. The van der Waals surface area contributed by atoms with Crippen LogP contribution in [0.1, 0.15) is 5.69 Å². The first-order valence-electron chi connectivity index (χ1n) is 5.86. The Morgan fingerprint density at radius 1 is 1.26 bits per heavy atom. The molecular formula is C12H15Cl2N5. The van der Waals surface area contributed by atoms with Crippen molar-refractivity contribution in [1.82, 2.24) is 14.8 Å². The largest absolute Gasteiger partial charge is 0.372 e. The summed E-state index contributed by atoms with van der Waals surface area (Å²) in [5.74, 6) is 1.22. The molecule has 0 spiro atoms. The second-order valence-corrected chi connectivity index (χ2v) is 4.87. The average Bonchev–Trinajstić information content (AvgIpc) is 2.78. The van der Waals surface area contributed by atoms with Crippen molar-refractivity contribution in [3.8, 4) is 0 Å². The predicted octanol–water partition coefficient (Wildman–Crippen LogP) is 2.82. The lowest BCUT2D eigenvalue weighted by atomic mass is 10.3. The summed E-state index contributed by atoms with van der Waals surface area (Å²) >= 11 is 12.1. The Kier molecular flexibility index (Phi) is 4.50. The Balaban J connectivity index is 1.99. The number of hydrogen-bond donors (Lipinski definition) is 2. The van der Waals surface area contributed by atoms with Gasteiger partial charge in [0.2, 0.25) is 0 Å². The minimum absolute atomic E-state index is 0.503. The summed E-state index contributed by atoms with van der Waals surface area (Å²) in [6, 6.07) is 3.66. The van der Waals surface area contributed by atoms with Crippen molar-refractivity contribution in [2.24, 2.45) is 7.05 Å². The van der Waals surface area contributed by atoms with Crippen molar-refractivity contribution in [3.05, 3.63) is 34.1 Å². The lowest BCUT2D eigenvalue weighted by Gasteiger charge is -2.10. The summed E-state index contributed by atoms with van der Waals surface area (Å²) in [5, 5.41) is 11.4. The van der Waals surface area contributed by atoms with Gasteiger partial charge in [-0.1, -0.05) is 23.2 Å². The molecular weight excluding hydrogens is 285 g/mol. The molecule has 7 heteroatoms. The average molecular weight is 300 g/mol. The molecule has 0 saturated heterocycles. The van der Waals surface area contributed by atoms with Crippen LogP contribution in [0.3, 0.4) is 0 Å². The molecule has 0 aromatic carbocycles. The van der Waals surface area contributed by atoms with Crippen molar-refractivity contribution in [1.29, 1.82) is 0 Å². The van der Waals surface area contributed by atoms with E-state index in [2.05, 4.69) is 20.7 Å². The number of halogens is 2. The minimum atomic E-state index is 0.503. The third kappa shape index (κ3) is 3.52. The fourth-order valence-corrected chi connectivity index (χ4v) is 2.19. The fraction of sp³-hybridized carbons (Fsp3) is 0.333. The molecule has 0 saturated carbocycles. The quantitative estimate of drug-likeness (QED) is 0.891. The van der Waals surface area contributed by atoms with Gasteiger partial charge < -0.3 is 10.6 Å². The number of nitrogens with zero attached hydrogens (tertiary/aromatic N) is 3. The van der Waals surface area contributed by atoms with E-state index in [0.717, 1.165) is 12.1 Å². The molecule has 2 aromatic rings. The summed E-state index contributed by atoms with van der Waals surface area (Å²) in [5.41, 5.74) is 1.02. The highest BCUT2D eigenvalue weighted by molar-refractivity contribution is 6.37. The smallest absolute Gasteiger partial charge is 0.147 e. The Bertz CT molecular complexity index is 567. The van der Waals surface area contributed by atoms with E-state index in [1.165, 1.54) is 0 Å². The number of anilines is 2. The zero-order valence-corrected chi connectivity index (χ0v) is 12.3. The number of pyridine rings is 1. The standard InChI is InChI=1S/C12H15Cl2N5/c1-15-11-9(13)7-10(14)12(17-11)16-5-3-8-4-6-19(2)18-8/h4,6-7H,3,5H2,1-2H3,(H2,15,16,17). The summed E-state index contributed by atoms with van der Waals surface area (Å²) in [6.07, 6.45) is 2.72. The van der Waals surface area contributed by atoms with Crippen molar-refractivity contribution in [3.63, 3.8) is 0 Å². The molecule has 0 unspecified atom stereocenters. The van der Waals surface area contributed by atoms with Crippen LogP contribution in [-0.4, -0.2) is 28.4 Å². The molecule has 2 heterocycles. The predicted molar refractivity (Wildman–Crippen MR) is 79.2 cm³/mol. The highest BCUT2D eigenvalue weighted by atomic mass is 35.5. The molecule has 2 rings (SSSR count). The van der Waals surface area contributed by atoms with Crippen molar-refractivity contribution in [2.75, 3.05) is 24.2 Å². The zero-order chi connectivity index (χ0) is 13.8. The number of hydrogen-bond acceptors (Lipinski definition) is 4. The lowest BCUT2D eigenvalue weighted by molar-refractivity contribution is 0.742. The van der Waals surface area contributed by atoms with Gasteiger partial charge in [0.25, 0.3) is 0 Å². The Morgan fingerprint density at radius 3 is 2.63 bits per heavy atom. The van der Waals surface area contributed by atoms with Crippen LogP contribution in [-0.2, 0) is 13.5 Å². The maximum atomic E-state index is 6.09. The second-order valence-electron chi connectivity index (χ2n) is 4.06. The van der Waals surface area contributed by atoms with E-state index in [-0.39, 0.29) is 0 Å². The second kappa shape index (κ2) is 6.12. The number of nitrogens with one attached hydrogen (secondary N) is 2. The van der Waals surface area contributed by atoms with Gasteiger partial charge in [-0.3, -0.25) is 4.68 Å². The van der Waals surface area contributed by atoms with Crippen LogP contribution < -0.4 is 10.6 Å². The van der Waals surface area contributed by atoms with Crippen LogP contribution in [0.4, 0.5) is 11.6 Å². The van der Waals surface area contributed by atoms with Gasteiger partial charge in [0.15, 0.2) is 0 Å². The van der Waals surface area contributed by atoms with Crippen LogP contribution in [0.25, 0.3) is 0 Å². The van der Waals surface area contributed by atoms with E-state index in [1.807, 2.05) is 19.3 Å². The fourth-order valence-electron chi connectivity index (χ4n) is 1.67. The molecule has 19 heavy (non-hydrogen) atoms. The normalized spacial score (nSPS) is 10.5. The first kappa shape index (κ1) is 14.0. The molecule has 0 amide bonds. The first-order valence-corrected chi connectivity index (χ1v) is 6.62. The van der Waals surface area contributed by atoms with E-state index in [1.54, 1.807) is 17.8 Å². The van der Waals surface area contributed by atoms with Crippen molar-refractivity contribution < 1.29 is 0 Å². The third-order valence-corrected chi connectivity index (χ3v) is 3.18. The molecule has 0 aliphatic rings. The highest BCUT2D eigenvalue weighted by Crippen LogP contribution is 2.28. The topological polar surface area (TPSA) is 54.8 Å². The number of aromatic nitrogens is 3. The van der Waals surface area contributed by atoms with E-state index >= 15 is 0 Å². The molecule has 5 nitrogen and oxygen atoms in total. The van der Waals surface area contributed by atoms with Gasteiger partial charge in [-0.25, -0.2) is 4.98 Å². The number of rotatable bonds is 5. The molecule has 102 valence electrons. The van der Waals surface area contributed by atoms with Gasteiger partial charge >= 0.3 is 0 Å². The van der Waals surface area contributed by atoms with E-state index in [9.17, 15) is 0 Å². The van der Waals surface area contributed by atoms with Crippen LogP contribution in [0.5, 0.6) is 0 Å². The van der Waals surface area contributed by atoms with Crippen molar-refractivity contribution in [2.45, 2.75) is 6.42 Å². The van der Waals surface area contributed by atoms with Gasteiger partial charge in [-0.15, -0.1) is 0 Å². The monoisotopic (exact) mass is 299 g/mol. The van der Waals surface area contributed by atoms with Gasteiger partial charge in [-0.05, 0) is 12.1 Å². The van der Waals surface area contributed by atoms with Gasteiger partial charge in [0.1, 0.15) is 11.6 Å². The molecule has 0 aliphatic carbocycles. The van der Waals surface area contributed by atoms with Crippen molar-refractivity contribution >= 4 is 34.8 Å². The van der Waals surface area contributed by atoms with Crippen LogP contribution in [0.15, 0.2) is 18.3 Å². The lowest BCUT2D eigenvalue weighted by Crippen LogP contribution is -2.08. The summed E-state index contributed by atoms with van der Waals surface area (Å²) < 4.78 is 1.78. The van der Waals surface area contributed by atoms with E-state index in [0.29, 0.717) is 28.2 Å². The summed E-state index contributed by atoms with van der Waals surface area (Å²) in [7, 11) is 3.66. The molecule has 0 atom stereocenters. The van der Waals surface area contributed by atoms with Gasteiger partial charge in [0, 0.05) is 33.3 Å². The van der Waals surface area contributed by atoms with Gasteiger partial charge in [0.05, 0.1) is 15.7 Å². The van der Waals surface area contributed by atoms with Crippen LogP contribution in [0.2, 0.25) is 10.0 Å². The third-order valence-electron chi connectivity index (χ3n) is 2.61. The Hall–Kier alpha value is -1.46. The molecule has 0 fully saturated rings. The molecule has 2 N–H and O–H groups in total.